The molecule has 0 bridgehead atoms. The average molecular weight is 249 g/mol. The van der Waals surface area contributed by atoms with E-state index in [9.17, 15) is 15.0 Å². The Morgan fingerprint density at radius 1 is 1.33 bits per heavy atom. The number of phenols is 2. The predicted octanol–water partition coefficient (Wildman–Crippen LogP) is 2.50. The molecule has 18 heavy (non-hydrogen) atoms. The molecule has 1 saturated heterocycles. The Hall–Kier alpha value is -1.71. The van der Waals surface area contributed by atoms with E-state index in [-0.39, 0.29) is 35.1 Å². The summed E-state index contributed by atoms with van der Waals surface area (Å²) in [5, 5.41) is 19.5. The maximum atomic E-state index is 12.5. The van der Waals surface area contributed by atoms with Gasteiger partial charge >= 0.3 is 0 Å². The highest BCUT2D eigenvalue weighted by Gasteiger charge is 2.35. The van der Waals surface area contributed by atoms with E-state index in [2.05, 4.69) is 0 Å². The molecule has 1 aliphatic heterocycles. The van der Waals surface area contributed by atoms with Crippen LogP contribution in [0.5, 0.6) is 11.5 Å². The number of nitrogens with zero attached hydrogens (tertiary/aromatic N) is 1. The number of hydrogen-bond acceptors (Lipinski definition) is 3. The molecule has 0 aliphatic carbocycles. The lowest BCUT2D eigenvalue weighted by molar-refractivity contribution is 0.0670. The van der Waals surface area contributed by atoms with Crippen molar-refractivity contribution in [3.05, 3.63) is 23.8 Å². The lowest BCUT2D eigenvalue weighted by Crippen LogP contribution is -2.39. The molecule has 0 radical (unpaired) electrons. The third kappa shape index (κ3) is 2.03. The van der Waals surface area contributed by atoms with Crippen molar-refractivity contribution >= 4 is 5.91 Å². The lowest BCUT2D eigenvalue weighted by Gasteiger charge is -2.28. The number of carbonyl (C=O) groups excluding carboxylic acids is 1. The van der Waals surface area contributed by atoms with Gasteiger partial charge < -0.3 is 15.1 Å². The molecule has 1 amide bonds. The van der Waals surface area contributed by atoms with E-state index in [1.807, 2.05) is 13.8 Å². The molecule has 1 heterocycles. The van der Waals surface area contributed by atoms with Crippen molar-refractivity contribution in [1.82, 2.24) is 4.90 Å². The highest BCUT2D eigenvalue weighted by atomic mass is 16.3. The highest BCUT2D eigenvalue weighted by Crippen LogP contribution is 2.33. The van der Waals surface area contributed by atoms with Crippen molar-refractivity contribution in [3.8, 4) is 11.5 Å². The van der Waals surface area contributed by atoms with E-state index >= 15 is 0 Å². The van der Waals surface area contributed by atoms with Crippen molar-refractivity contribution in [2.24, 2.45) is 0 Å². The first kappa shape index (κ1) is 12.7. The zero-order valence-electron chi connectivity index (χ0n) is 10.8. The Labute approximate surface area is 107 Å². The molecule has 0 spiro atoms. The quantitative estimate of drug-likeness (QED) is 0.846. The maximum Gasteiger partial charge on any atom is 0.261 e. The van der Waals surface area contributed by atoms with Crippen LogP contribution in [0.1, 0.15) is 43.5 Å². The molecule has 1 aliphatic rings. The number of benzene rings is 1. The van der Waals surface area contributed by atoms with Gasteiger partial charge in [-0.05, 0) is 38.3 Å². The number of likely N-dealkylation sites (tertiary alicyclic amines) is 1. The molecule has 2 atom stereocenters. The summed E-state index contributed by atoms with van der Waals surface area (Å²) in [4.78, 5) is 14.3. The van der Waals surface area contributed by atoms with Crippen LogP contribution < -0.4 is 0 Å². The number of hydrogen-bond donors (Lipinski definition) is 2. The van der Waals surface area contributed by atoms with E-state index in [1.165, 1.54) is 18.2 Å². The van der Waals surface area contributed by atoms with Crippen LogP contribution in [0.3, 0.4) is 0 Å². The molecule has 0 aromatic heterocycles. The molecular formula is C14H19NO3. The summed E-state index contributed by atoms with van der Waals surface area (Å²) in [6.07, 6.45) is 2.85. The normalized spacial score (nSPS) is 23.3. The van der Waals surface area contributed by atoms with Gasteiger partial charge in [-0.2, -0.15) is 0 Å². The Kier molecular flexibility index (Phi) is 3.45. The Morgan fingerprint density at radius 2 is 1.94 bits per heavy atom. The van der Waals surface area contributed by atoms with Crippen LogP contribution in [0.4, 0.5) is 0 Å². The smallest absolute Gasteiger partial charge is 0.261 e. The molecule has 0 saturated carbocycles. The SMILES string of the molecule is CCC1CCC(C)N1C(=O)c1c(O)cccc1O. The number of phenolic OH excluding ortho intramolecular Hbond substituents is 2. The van der Waals surface area contributed by atoms with Crippen molar-refractivity contribution in [3.63, 3.8) is 0 Å². The van der Waals surface area contributed by atoms with Gasteiger partial charge in [0.2, 0.25) is 0 Å². The van der Waals surface area contributed by atoms with Crippen molar-refractivity contribution in [1.29, 1.82) is 0 Å². The number of rotatable bonds is 2. The van der Waals surface area contributed by atoms with Gasteiger partial charge in [0.05, 0.1) is 0 Å². The largest absolute Gasteiger partial charge is 0.507 e. The fraction of sp³-hybridized carbons (Fsp3) is 0.500. The second-order valence-corrected chi connectivity index (χ2v) is 4.87. The third-order valence-electron chi connectivity index (χ3n) is 3.73. The van der Waals surface area contributed by atoms with E-state index < -0.39 is 0 Å². The standard InChI is InChI=1S/C14H19NO3/c1-3-10-8-7-9(2)15(10)14(18)13-11(16)5-4-6-12(13)17/h4-6,9-10,16-17H,3,7-8H2,1-2H3. The van der Waals surface area contributed by atoms with E-state index in [1.54, 1.807) is 4.90 Å². The van der Waals surface area contributed by atoms with Gasteiger partial charge in [0, 0.05) is 12.1 Å². The molecule has 2 unspecified atom stereocenters. The number of aromatic hydroxyl groups is 2. The van der Waals surface area contributed by atoms with E-state index in [0.717, 1.165) is 19.3 Å². The average Bonchev–Trinajstić information content (AvgIpc) is 2.70. The van der Waals surface area contributed by atoms with Gasteiger partial charge in [-0.3, -0.25) is 4.79 Å². The van der Waals surface area contributed by atoms with Gasteiger partial charge in [0.25, 0.3) is 5.91 Å². The minimum atomic E-state index is -0.276. The molecule has 1 aromatic rings. The summed E-state index contributed by atoms with van der Waals surface area (Å²) in [5.74, 6) is -0.592. The summed E-state index contributed by atoms with van der Waals surface area (Å²) in [6.45, 7) is 4.05. The van der Waals surface area contributed by atoms with E-state index in [0.29, 0.717) is 0 Å². The first-order valence-corrected chi connectivity index (χ1v) is 6.39. The molecule has 1 fully saturated rings. The van der Waals surface area contributed by atoms with E-state index in [4.69, 9.17) is 0 Å². The summed E-state index contributed by atoms with van der Waals surface area (Å²) < 4.78 is 0. The maximum absolute atomic E-state index is 12.5. The van der Waals surface area contributed by atoms with Gasteiger partial charge in [0.1, 0.15) is 17.1 Å². The second kappa shape index (κ2) is 4.88. The summed E-state index contributed by atoms with van der Waals surface area (Å²) >= 11 is 0. The first-order chi connectivity index (χ1) is 8.56. The van der Waals surface area contributed by atoms with Crippen LogP contribution in [-0.4, -0.2) is 33.1 Å². The van der Waals surface area contributed by atoms with Gasteiger partial charge in [0.15, 0.2) is 0 Å². The minimum Gasteiger partial charge on any atom is -0.507 e. The molecule has 4 nitrogen and oxygen atoms in total. The molecule has 1 aromatic carbocycles. The summed E-state index contributed by atoms with van der Waals surface area (Å²) in [5.41, 5.74) is 0.0182. The second-order valence-electron chi connectivity index (χ2n) is 4.87. The molecule has 98 valence electrons. The number of carbonyl (C=O) groups is 1. The monoisotopic (exact) mass is 249 g/mol. The third-order valence-corrected chi connectivity index (χ3v) is 3.73. The Morgan fingerprint density at radius 3 is 2.50 bits per heavy atom. The van der Waals surface area contributed by atoms with Crippen LogP contribution in [0, 0.1) is 0 Å². The zero-order valence-corrected chi connectivity index (χ0v) is 10.8. The van der Waals surface area contributed by atoms with Crippen LogP contribution in [-0.2, 0) is 0 Å². The fourth-order valence-corrected chi connectivity index (χ4v) is 2.71. The molecular weight excluding hydrogens is 230 g/mol. The molecule has 2 rings (SSSR count). The van der Waals surface area contributed by atoms with Crippen molar-refractivity contribution in [2.45, 2.75) is 45.2 Å². The van der Waals surface area contributed by atoms with Crippen LogP contribution in [0.15, 0.2) is 18.2 Å². The van der Waals surface area contributed by atoms with Crippen LogP contribution in [0.2, 0.25) is 0 Å². The van der Waals surface area contributed by atoms with Crippen molar-refractivity contribution < 1.29 is 15.0 Å². The van der Waals surface area contributed by atoms with Gasteiger partial charge in [-0.15, -0.1) is 0 Å². The number of amides is 1. The fourth-order valence-electron chi connectivity index (χ4n) is 2.71. The Balaban J connectivity index is 2.36. The van der Waals surface area contributed by atoms with Gasteiger partial charge in [-0.25, -0.2) is 0 Å². The Bertz CT molecular complexity index is 438. The minimum absolute atomic E-state index is 0.0182. The summed E-state index contributed by atoms with van der Waals surface area (Å²) in [6, 6.07) is 4.73. The highest BCUT2D eigenvalue weighted by molar-refractivity contribution is 6.00. The molecule has 4 heteroatoms. The topological polar surface area (TPSA) is 60.8 Å². The van der Waals surface area contributed by atoms with Crippen molar-refractivity contribution in [2.75, 3.05) is 0 Å². The van der Waals surface area contributed by atoms with Crippen LogP contribution in [0.25, 0.3) is 0 Å². The van der Waals surface area contributed by atoms with Crippen LogP contribution >= 0.6 is 0 Å². The summed E-state index contributed by atoms with van der Waals surface area (Å²) in [7, 11) is 0. The molecule has 2 N–H and O–H groups in total. The first-order valence-electron chi connectivity index (χ1n) is 6.39. The predicted molar refractivity (Wildman–Crippen MR) is 68.7 cm³/mol. The lowest BCUT2D eigenvalue weighted by atomic mass is 10.1. The zero-order chi connectivity index (χ0) is 13.3. The van der Waals surface area contributed by atoms with Gasteiger partial charge in [-0.1, -0.05) is 13.0 Å².